The van der Waals surface area contributed by atoms with E-state index in [0.29, 0.717) is 18.8 Å². The largest absolute Gasteiger partial charge is 0.385 e. The first-order valence-electron chi connectivity index (χ1n) is 2.40. The topological polar surface area (TPSA) is 76.8 Å². The van der Waals surface area contributed by atoms with E-state index in [4.69, 9.17) is 11.5 Å². The summed E-state index contributed by atoms with van der Waals surface area (Å²) in [6.45, 7) is 0.462. The molecule has 0 aliphatic carbocycles. The fourth-order valence-electron chi connectivity index (χ4n) is 0.528. The summed E-state index contributed by atoms with van der Waals surface area (Å²) in [5.74, 6) is 0.561. The fourth-order valence-corrected chi connectivity index (χ4v) is 0.528. The van der Waals surface area contributed by atoms with Gasteiger partial charge in [0, 0.05) is 13.0 Å². The fraction of sp³-hybridized carbons (Fsp3) is 0.500. The van der Waals surface area contributed by atoms with Crippen LogP contribution in [0, 0.1) is 0 Å². The van der Waals surface area contributed by atoms with Crippen molar-refractivity contribution in [1.82, 2.24) is 0 Å². The average molecular weight is 112 g/mol. The molecule has 0 saturated heterocycles. The van der Waals surface area contributed by atoms with Crippen LogP contribution in [0.1, 0.15) is 6.42 Å². The number of hydrogen-bond acceptors (Lipinski definition) is 4. The van der Waals surface area contributed by atoms with Crippen molar-refractivity contribution in [3.05, 3.63) is 0 Å². The second-order valence-electron chi connectivity index (χ2n) is 1.64. The number of nitrogens with zero attached hydrogens (tertiary/aromatic N) is 2. The standard InChI is InChI=1S/C4H8N4/c5-2-3-1-4(6)8-7-3/h1-2,5H2,(H2,6,8). The van der Waals surface area contributed by atoms with Crippen molar-refractivity contribution < 1.29 is 0 Å². The van der Waals surface area contributed by atoms with Gasteiger partial charge in [-0.05, 0) is 0 Å². The van der Waals surface area contributed by atoms with Gasteiger partial charge in [-0.2, -0.15) is 5.10 Å². The lowest BCUT2D eigenvalue weighted by atomic mass is 10.3. The van der Waals surface area contributed by atoms with Crippen molar-refractivity contribution >= 4 is 11.5 Å². The summed E-state index contributed by atoms with van der Waals surface area (Å²) in [4.78, 5) is 0. The third-order valence-corrected chi connectivity index (χ3v) is 0.941. The molecule has 1 aliphatic rings. The minimum Gasteiger partial charge on any atom is -0.385 e. The predicted octanol–water partition coefficient (Wildman–Crippen LogP) is -0.938. The molecule has 0 saturated carbocycles. The molecule has 0 bridgehead atoms. The van der Waals surface area contributed by atoms with E-state index in [1.807, 2.05) is 0 Å². The summed E-state index contributed by atoms with van der Waals surface area (Å²) in [7, 11) is 0. The molecule has 0 unspecified atom stereocenters. The zero-order valence-electron chi connectivity index (χ0n) is 4.46. The van der Waals surface area contributed by atoms with Gasteiger partial charge in [-0.15, -0.1) is 5.10 Å². The summed E-state index contributed by atoms with van der Waals surface area (Å²) in [6, 6.07) is 0. The highest BCUT2D eigenvalue weighted by molar-refractivity contribution is 6.06. The minimum atomic E-state index is 0.462. The summed E-state index contributed by atoms with van der Waals surface area (Å²) >= 11 is 0. The normalized spacial score (nSPS) is 18.1. The van der Waals surface area contributed by atoms with Gasteiger partial charge in [0.05, 0.1) is 5.71 Å². The van der Waals surface area contributed by atoms with E-state index in [0.717, 1.165) is 5.71 Å². The Kier molecular flexibility index (Phi) is 1.26. The summed E-state index contributed by atoms with van der Waals surface area (Å²) < 4.78 is 0. The highest BCUT2D eigenvalue weighted by atomic mass is 15.3. The van der Waals surface area contributed by atoms with Crippen LogP contribution < -0.4 is 11.5 Å². The average Bonchev–Trinajstić information content (AvgIpc) is 2.14. The maximum absolute atomic E-state index is 5.28. The van der Waals surface area contributed by atoms with Gasteiger partial charge in [-0.1, -0.05) is 0 Å². The Balaban J connectivity index is 2.49. The van der Waals surface area contributed by atoms with Crippen LogP contribution in [0.5, 0.6) is 0 Å². The van der Waals surface area contributed by atoms with Crippen LogP contribution in [0.3, 0.4) is 0 Å². The van der Waals surface area contributed by atoms with Crippen molar-refractivity contribution in [2.24, 2.45) is 21.7 Å². The Hall–Kier alpha value is -0.900. The number of nitrogens with two attached hydrogens (primary N) is 2. The van der Waals surface area contributed by atoms with Crippen LogP contribution in [0.4, 0.5) is 0 Å². The molecule has 0 aromatic heterocycles. The highest BCUT2D eigenvalue weighted by Gasteiger charge is 2.05. The molecule has 4 nitrogen and oxygen atoms in total. The lowest BCUT2D eigenvalue weighted by Crippen LogP contribution is -2.17. The van der Waals surface area contributed by atoms with Crippen LogP contribution in [0.2, 0.25) is 0 Å². The van der Waals surface area contributed by atoms with E-state index in [1.54, 1.807) is 0 Å². The van der Waals surface area contributed by atoms with E-state index < -0.39 is 0 Å². The van der Waals surface area contributed by atoms with Crippen LogP contribution in [0.25, 0.3) is 0 Å². The third kappa shape index (κ3) is 0.840. The Morgan fingerprint density at radius 2 is 2.25 bits per heavy atom. The molecule has 1 rings (SSSR count). The third-order valence-electron chi connectivity index (χ3n) is 0.941. The number of amidine groups is 1. The van der Waals surface area contributed by atoms with Crippen molar-refractivity contribution in [3.8, 4) is 0 Å². The van der Waals surface area contributed by atoms with Gasteiger partial charge in [0.1, 0.15) is 5.84 Å². The first-order chi connectivity index (χ1) is 3.83. The maximum atomic E-state index is 5.28. The molecule has 0 atom stereocenters. The second-order valence-corrected chi connectivity index (χ2v) is 1.64. The molecule has 8 heavy (non-hydrogen) atoms. The molecule has 1 aliphatic heterocycles. The Morgan fingerprint density at radius 3 is 2.50 bits per heavy atom. The number of rotatable bonds is 1. The maximum Gasteiger partial charge on any atom is 0.128 e. The SMILES string of the molecule is NCC1=NN=C(N)C1. The lowest BCUT2D eigenvalue weighted by Gasteiger charge is -1.87. The van der Waals surface area contributed by atoms with Gasteiger partial charge in [0.15, 0.2) is 0 Å². The number of hydrogen-bond donors (Lipinski definition) is 2. The molecule has 0 spiro atoms. The van der Waals surface area contributed by atoms with E-state index in [1.165, 1.54) is 0 Å². The van der Waals surface area contributed by atoms with Crippen LogP contribution in [-0.2, 0) is 0 Å². The summed E-state index contributed by atoms with van der Waals surface area (Å²) in [5.41, 5.74) is 11.4. The monoisotopic (exact) mass is 112 g/mol. The Labute approximate surface area is 47.3 Å². The van der Waals surface area contributed by atoms with Crippen molar-refractivity contribution in [2.75, 3.05) is 6.54 Å². The molecular weight excluding hydrogens is 104 g/mol. The van der Waals surface area contributed by atoms with Gasteiger partial charge in [0.2, 0.25) is 0 Å². The quantitative estimate of drug-likeness (QED) is 0.459. The Morgan fingerprint density at radius 1 is 1.50 bits per heavy atom. The van der Waals surface area contributed by atoms with Crippen LogP contribution in [0.15, 0.2) is 10.2 Å². The van der Waals surface area contributed by atoms with Crippen LogP contribution in [-0.4, -0.2) is 18.1 Å². The molecule has 4 N–H and O–H groups in total. The molecule has 44 valence electrons. The predicted molar refractivity (Wildman–Crippen MR) is 32.7 cm³/mol. The van der Waals surface area contributed by atoms with E-state index in [-0.39, 0.29) is 0 Å². The lowest BCUT2D eigenvalue weighted by molar-refractivity contribution is 1.21. The molecule has 1 heterocycles. The Bertz CT molecular complexity index is 146. The molecular formula is C4H8N4. The van der Waals surface area contributed by atoms with Crippen molar-refractivity contribution in [3.63, 3.8) is 0 Å². The first kappa shape index (κ1) is 5.24. The summed E-state index contributed by atoms with van der Waals surface area (Å²) in [6.07, 6.45) is 0.649. The second kappa shape index (κ2) is 1.92. The zero-order valence-corrected chi connectivity index (χ0v) is 4.46. The van der Waals surface area contributed by atoms with Gasteiger partial charge >= 0.3 is 0 Å². The van der Waals surface area contributed by atoms with E-state index >= 15 is 0 Å². The van der Waals surface area contributed by atoms with Crippen molar-refractivity contribution in [2.45, 2.75) is 6.42 Å². The molecule has 0 radical (unpaired) electrons. The first-order valence-corrected chi connectivity index (χ1v) is 2.40. The van der Waals surface area contributed by atoms with Gasteiger partial charge < -0.3 is 11.5 Å². The molecule has 0 fully saturated rings. The smallest absolute Gasteiger partial charge is 0.128 e. The molecule has 0 aromatic carbocycles. The molecule has 0 amide bonds. The zero-order chi connectivity index (χ0) is 5.98. The van der Waals surface area contributed by atoms with Crippen molar-refractivity contribution in [1.29, 1.82) is 0 Å². The minimum absolute atomic E-state index is 0.462. The molecule has 4 heteroatoms. The van der Waals surface area contributed by atoms with Crippen LogP contribution >= 0.6 is 0 Å². The van der Waals surface area contributed by atoms with E-state index in [9.17, 15) is 0 Å². The highest BCUT2D eigenvalue weighted by Crippen LogP contribution is 1.95. The van der Waals surface area contributed by atoms with Gasteiger partial charge in [0.25, 0.3) is 0 Å². The molecule has 0 aromatic rings. The van der Waals surface area contributed by atoms with E-state index in [2.05, 4.69) is 10.2 Å². The van der Waals surface area contributed by atoms with Gasteiger partial charge in [-0.3, -0.25) is 0 Å². The van der Waals surface area contributed by atoms with Gasteiger partial charge in [-0.25, -0.2) is 0 Å². The summed E-state index contributed by atoms with van der Waals surface area (Å²) in [5, 5.41) is 7.28.